The highest BCUT2D eigenvalue weighted by Gasteiger charge is 2.23. The Morgan fingerprint density at radius 1 is 1.29 bits per heavy atom. The number of piperidine rings is 1. The first-order valence-corrected chi connectivity index (χ1v) is 10.7. The van der Waals surface area contributed by atoms with Gasteiger partial charge in [0.15, 0.2) is 0 Å². The summed E-state index contributed by atoms with van der Waals surface area (Å²) in [5.74, 6) is 0.0793. The zero-order valence-corrected chi connectivity index (χ0v) is 17.3. The van der Waals surface area contributed by atoms with Crippen molar-refractivity contribution in [1.82, 2.24) is 15.5 Å². The Bertz CT molecular complexity index is 706. The van der Waals surface area contributed by atoms with Crippen molar-refractivity contribution in [1.29, 1.82) is 0 Å². The van der Waals surface area contributed by atoms with Crippen LogP contribution in [0.1, 0.15) is 61.3 Å². The van der Waals surface area contributed by atoms with Crippen molar-refractivity contribution in [3.8, 4) is 0 Å². The fraction of sp³-hybridized carbons (Fsp3) is 0.542. The van der Waals surface area contributed by atoms with Gasteiger partial charge in [0.25, 0.3) is 0 Å². The first-order valence-electron chi connectivity index (χ1n) is 10.7. The van der Waals surface area contributed by atoms with Gasteiger partial charge in [-0.25, -0.2) is 0 Å². The third kappa shape index (κ3) is 5.33. The van der Waals surface area contributed by atoms with Crippen molar-refractivity contribution >= 4 is 11.5 Å². The summed E-state index contributed by atoms with van der Waals surface area (Å²) in [6, 6.07) is 6.83. The minimum absolute atomic E-state index is 0.0172. The molecule has 2 N–H and O–H groups in total. The van der Waals surface area contributed by atoms with Crippen LogP contribution in [-0.4, -0.2) is 43.5 Å². The van der Waals surface area contributed by atoms with Gasteiger partial charge in [-0.2, -0.15) is 0 Å². The van der Waals surface area contributed by atoms with Gasteiger partial charge in [0, 0.05) is 19.0 Å². The Morgan fingerprint density at radius 2 is 2.07 bits per heavy atom. The molecule has 4 nitrogen and oxygen atoms in total. The molecule has 0 unspecified atom stereocenters. The number of hydrogen-bond donors (Lipinski definition) is 2. The number of carbonyl (C=O) groups is 1. The standard InChI is InChI=1S/C24H35N3O/c1-4-21(25-3)16-24(28)26-23-10-8-9-20-15-19(11-12-22(20)23)18(2)17-27-13-6-5-7-14-27/h4,11-12,15,21,23,25H,1-2,5-10,13-14,16-17H2,3H3,(H,26,28)/t21-,23+/m0/s1. The third-order valence-electron chi connectivity index (χ3n) is 6.12. The van der Waals surface area contributed by atoms with Crippen LogP contribution < -0.4 is 10.6 Å². The van der Waals surface area contributed by atoms with E-state index in [-0.39, 0.29) is 18.0 Å². The predicted octanol–water partition coefficient (Wildman–Crippen LogP) is 3.84. The van der Waals surface area contributed by atoms with Crippen LogP contribution in [-0.2, 0) is 11.2 Å². The van der Waals surface area contributed by atoms with Gasteiger partial charge < -0.3 is 10.6 Å². The van der Waals surface area contributed by atoms with Gasteiger partial charge in [0.2, 0.25) is 5.91 Å². The van der Waals surface area contributed by atoms with E-state index in [9.17, 15) is 4.79 Å². The van der Waals surface area contributed by atoms with Crippen LogP contribution in [0.4, 0.5) is 0 Å². The lowest BCUT2D eigenvalue weighted by Gasteiger charge is -2.29. The number of benzene rings is 1. The normalized spacial score (nSPS) is 20.8. The molecule has 1 heterocycles. The summed E-state index contributed by atoms with van der Waals surface area (Å²) in [4.78, 5) is 14.9. The quantitative estimate of drug-likeness (QED) is 0.673. The maximum Gasteiger partial charge on any atom is 0.222 e. The second-order valence-corrected chi connectivity index (χ2v) is 8.20. The van der Waals surface area contributed by atoms with Gasteiger partial charge in [0.1, 0.15) is 0 Å². The van der Waals surface area contributed by atoms with Crippen molar-refractivity contribution in [2.45, 2.75) is 57.0 Å². The number of amides is 1. The van der Waals surface area contributed by atoms with Crippen LogP contribution in [0, 0.1) is 0 Å². The molecule has 28 heavy (non-hydrogen) atoms. The first-order chi connectivity index (χ1) is 13.6. The van der Waals surface area contributed by atoms with Crippen molar-refractivity contribution in [2.75, 3.05) is 26.7 Å². The number of carbonyl (C=O) groups excluding carboxylic acids is 1. The molecule has 1 fully saturated rings. The van der Waals surface area contributed by atoms with E-state index in [2.05, 4.69) is 46.9 Å². The summed E-state index contributed by atoms with van der Waals surface area (Å²) in [5, 5.41) is 6.33. The summed E-state index contributed by atoms with van der Waals surface area (Å²) >= 11 is 0. The van der Waals surface area contributed by atoms with E-state index in [1.807, 2.05) is 7.05 Å². The van der Waals surface area contributed by atoms with E-state index in [0.29, 0.717) is 6.42 Å². The van der Waals surface area contributed by atoms with Crippen molar-refractivity contribution in [3.63, 3.8) is 0 Å². The molecule has 1 amide bonds. The molecular formula is C24H35N3O. The molecule has 0 aromatic heterocycles. The molecular weight excluding hydrogens is 346 g/mol. The molecule has 1 aromatic rings. The van der Waals surface area contributed by atoms with Gasteiger partial charge in [-0.1, -0.05) is 37.3 Å². The molecule has 1 aromatic carbocycles. The predicted molar refractivity (Wildman–Crippen MR) is 117 cm³/mol. The highest BCUT2D eigenvalue weighted by Crippen LogP contribution is 2.32. The summed E-state index contributed by atoms with van der Waals surface area (Å²) in [5.41, 5.74) is 5.09. The van der Waals surface area contributed by atoms with Crippen LogP contribution in [0.25, 0.3) is 5.57 Å². The molecule has 152 valence electrons. The fourth-order valence-electron chi connectivity index (χ4n) is 4.42. The second-order valence-electron chi connectivity index (χ2n) is 8.20. The second kappa shape index (κ2) is 10.0. The molecule has 1 saturated heterocycles. The maximum absolute atomic E-state index is 12.4. The summed E-state index contributed by atoms with van der Waals surface area (Å²) in [6.07, 6.45) is 9.38. The molecule has 0 saturated carbocycles. The number of hydrogen-bond acceptors (Lipinski definition) is 3. The van der Waals surface area contributed by atoms with Crippen molar-refractivity contribution in [3.05, 3.63) is 54.1 Å². The zero-order chi connectivity index (χ0) is 19.9. The molecule has 1 aliphatic carbocycles. The Kier molecular flexibility index (Phi) is 7.46. The largest absolute Gasteiger partial charge is 0.349 e. The number of nitrogens with one attached hydrogen (secondary N) is 2. The average Bonchev–Trinajstić information content (AvgIpc) is 2.72. The topological polar surface area (TPSA) is 44.4 Å². The Hall–Kier alpha value is -1.91. The van der Waals surface area contributed by atoms with Crippen molar-refractivity contribution in [2.24, 2.45) is 0 Å². The van der Waals surface area contributed by atoms with Gasteiger partial charge in [-0.3, -0.25) is 9.69 Å². The summed E-state index contributed by atoms with van der Waals surface area (Å²) in [7, 11) is 1.85. The third-order valence-corrected chi connectivity index (χ3v) is 6.12. The van der Waals surface area contributed by atoms with Gasteiger partial charge in [-0.15, -0.1) is 6.58 Å². The number of rotatable bonds is 8. The average molecular weight is 382 g/mol. The van der Waals surface area contributed by atoms with E-state index in [1.165, 1.54) is 54.6 Å². The highest BCUT2D eigenvalue weighted by atomic mass is 16.1. The monoisotopic (exact) mass is 381 g/mol. The number of fused-ring (bicyclic) bond motifs is 1. The number of likely N-dealkylation sites (N-methyl/N-ethyl adjacent to an activating group) is 1. The van der Waals surface area contributed by atoms with E-state index in [1.54, 1.807) is 6.08 Å². The van der Waals surface area contributed by atoms with Crippen LogP contribution in [0.2, 0.25) is 0 Å². The lowest BCUT2D eigenvalue weighted by atomic mass is 9.85. The molecule has 3 rings (SSSR count). The molecule has 0 spiro atoms. The zero-order valence-electron chi connectivity index (χ0n) is 17.3. The molecule has 1 aliphatic heterocycles. The molecule has 2 aliphatic rings. The van der Waals surface area contributed by atoms with Crippen LogP contribution >= 0.6 is 0 Å². The summed E-state index contributed by atoms with van der Waals surface area (Å²) in [6.45, 7) is 11.5. The Morgan fingerprint density at radius 3 is 2.79 bits per heavy atom. The maximum atomic E-state index is 12.4. The summed E-state index contributed by atoms with van der Waals surface area (Å²) < 4.78 is 0. The number of aryl methyl sites for hydroxylation is 1. The minimum atomic E-state index is 0.0172. The molecule has 0 radical (unpaired) electrons. The van der Waals surface area contributed by atoms with Crippen LogP contribution in [0.3, 0.4) is 0 Å². The van der Waals surface area contributed by atoms with E-state index in [0.717, 1.165) is 25.8 Å². The van der Waals surface area contributed by atoms with Gasteiger partial charge in [0.05, 0.1) is 6.04 Å². The Balaban J connectivity index is 1.65. The van der Waals surface area contributed by atoms with Crippen LogP contribution in [0.15, 0.2) is 37.4 Å². The number of nitrogens with zero attached hydrogens (tertiary/aromatic N) is 1. The fourth-order valence-corrected chi connectivity index (χ4v) is 4.42. The lowest BCUT2D eigenvalue weighted by Crippen LogP contribution is -2.35. The number of likely N-dealkylation sites (tertiary alicyclic amines) is 1. The van der Waals surface area contributed by atoms with Gasteiger partial charge >= 0.3 is 0 Å². The Labute approximate surface area is 170 Å². The van der Waals surface area contributed by atoms with Crippen molar-refractivity contribution < 1.29 is 4.79 Å². The van der Waals surface area contributed by atoms with E-state index >= 15 is 0 Å². The SMILES string of the molecule is C=C[C@@H](CC(=O)N[C@@H]1CCCc2cc(C(=C)CN3CCCCC3)ccc21)NC. The van der Waals surface area contributed by atoms with Crippen LogP contribution in [0.5, 0.6) is 0 Å². The van der Waals surface area contributed by atoms with E-state index in [4.69, 9.17) is 0 Å². The molecule has 4 heteroatoms. The van der Waals surface area contributed by atoms with Gasteiger partial charge in [-0.05, 0) is 74.5 Å². The highest BCUT2D eigenvalue weighted by molar-refractivity contribution is 5.77. The molecule has 2 atom stereocenters. The first kappa shape index (κ1) is 20.8. The molecule has 0 bridgehead atoms. The minimum Gasteiger partial charge on any atom is -0.349 e. The lowest BCUT2D eigenvalue weighted by molar-refractivity contribution is -0.122. The smallest absolute Gasteiger partial charge is 0.222 e. The van der Waals surface area contributed by atoms with E-state index < -0.39 is 0 Å².